The maximum Gasteiger partial charge on any atom is 0.0572 e. The lowest BCUT2D eigenvalue weighted by Gasteiger charge is -2.49. The minimum atomic E-state index is 0.242. The molecule has 0 amide bonds. The first-order chi connectivity index (χ1) is 8.61. The van der Waals surface area contributed by atoms with E-state index in [9.17, 15) is 0 Å². The zero-order valence-corrected chi connectivity index (χ0v) is 12.3. The van der Waals surface area contributed by atoms with Crippen LogP contribution < -0.4 is 5.73 Å². The number of hydrogen-bond acceptors (Lipinski definition) is 3. The lowest BCUT2D eigenvalue weighted by Crippen LogP contribution is -2.59. The Morgan fingerprint density at radius 2 is 1.83 bits per heavy atom. The van der Waals surface area contributed by atoms with Gasteiger partial charge in [0.1, 0.15) is 0 Å². The van der Waals surface area contributed by atoms with Crippen LogP contribution in [-0.4, -0.2) is 42.8 Å². The lowest BCUT2D eigenvalue weighted by molar-refractivity contribution is -0.0224. The Bertz CT molecular complexity index is 255. The first-order valence-electron chi connectivity index (χ1n) is 7.61. The fraction of sp³-hybridized carbons (Fsp3) is 1.00. The van der Waals surface area contributed by atoms with Gasteiger partial charge in [0.2, 0.25) is 0 Å². The first-order valence-corrected chi connectivity index (χ1v) is 7.61. The van der Waals surface area contributed by atoms with Crippen molar-refractivity contribution < 1.29 is 4.74 Å². The highest BCUT2D eigenvalue weighted by Crippen LogP contribution is 2.39. The fourth-order valence-corrected chi connectivity index (χ4v) is 3.50. The minimum absolute atomic E-state index is 0.242. The summed E-state index contributed by atoms with van der Waals surface area (Å²) in [6, 6.07) is 0.605. The standard InChI is InChI=1S/C15H30N2O/c1-12(2)17(10-13-4-5-13)15(11-16)8-6-14(18-3)7-9-15/h12-14H,4-11,16H2,1-3H3. The summed E-state index contributed by atoms with van der Waals surface area (Å²) >= 11 is 0. The molecule has 18 heavy (non-hydrogen) atoms. The third-order valence-electron chi connectivity index (χ3n) is 4.96. The van der Waals surface area contributed by atoms with E-state index < -0.39 is 0 Å². The van der Waals surface area contributed by atoms with Gasteiger partial charge in [-0.1, -0.05) is 0 Å². The van der Waals surface area contributed by atoms with Gasteiger partial charge in [-0.2, -0.15) is 0 Å². The van der Waals surface area contributed by atoms with E-state index in [1.54, 1.807) is 0 Å². The third-order valence-corrected chi connectivity index (χ3v) is 4.96. The summed E-state index contributed by atoms with van der Waals surface area (Å²) in [4.78, 5) is 2.70. The van der Waals surface area contributed by atoms with Crippen LogP contribution in [0, 0.1) is 5.92 Å². The molecule has 0 unspecified atom stereocenters. The minimum Gasteiger partial charge on any atom is -0.381 e. The highest BCUT2D eigenvalue weighted by Gasteiger charge is 2.42. The maximum atomic E-state index is 6.18. The van der Waals surface area contributed by atoms with Gasteiger partial charge in [0.15, 0.2) is 0 Å². The van der Waals surface area contributed by atoms with Crippen LogP contribution in [0.5, 0.6) is 0 Å². The smallest absolute Gasteiger partial charge is 0.0572 e. The molecule has 2 fully saturated rings. The summed E-state index contributed by atoms with van der Waals surface area (Å²) in [5.74, 6) is 0.941. The summed E-state index contributed by atoms with van der Waals surface area (Å²) in [5.41, 5.74) is 6.42. The van der Waals surface area contributed by atoms with Gasteiger partial charge < -0.3 is 10.5 Å². The molecule has 0 heterocycles. The number of methoxy groups -OCH3 is 1. The second-order valence-corrected chi connectivity index (χ2v) is 6.55. The third kappa shape index (κ3) is 3.06. The van der Waals surface area contributed by atoms with E-state index >= 15 is 0 Å². The van der Waals surface area contributed by atoms with Crippen LogP contribution in [0.4, 0.5) is 0 Å². The summed E-state index contributed by atoms with van der Waals surface area (Å²) in [5, 5.41) is 0. The maximum absolute atomic E-state index is 6.18. The van der Waals surface area contributed by atoms with Gasteiger partial charge >= 0.3 is 0 Å². The van der Waals surface area contributed by atoms with Crippen LogP contribution in [0.15, 0.2) is 0 Å². The second-order valence-electron chi connectivity index (χ2n) is 6.55. The highest BCUT2D eigenvalue weighted by atomic mass is 16.5. The first kappa shape index (κ1) is 14.3. The molecule has 106 valence electrons. The molecule has 0 bridgehead atoms. The zero-order valence-electron chi connectivity index (χ0n) is 12.3. The predicted octanol–water partition coefficient (Wildman–Crippen LogP) is 2.39. The van der Waals surface area contributed by atoms with Gasteiger partial charge in [-0.3, -0.25) is 4.90 Å². The van der Waals surface area contributed by atoms with Crippen molar-refractivity contribution >= 4 is 0 Å². The van der Waals surface area contributed by atoms with Crippen molar-refractivity contribution in [2.45, 2.75) is 70.1 Å². The van der Waals surface area contributed by atoms with Gasteiger partial charge in [0, 0.05) is 31.8 Å². The van der Waals surface area contributed by atoms with E-state index in [4.69, 9.17) is 10.5 Å². The lowest BCUT2D eigenvalue weighted by atomic mass is 9.78. The van der Waals surface area contributed by atoms with Gasteiger partial charge in [-0.05, 0) is 58.3 Å². The van der Waals surface area contributed by atoms with Crippen LogP contribution in [0.2, 0.25) is 0 Å². The topological polar surface area (TPSA) is 38.5 Å². The van der Waals surface area contributed by atoms with Gasteiger partial charge in [0.05, 0.1) is 6.10 Å². The molecule has 0 spiro atoms. The average Bonchev–Trinajstić information content (AvgIpc) is 3.20. The van der Waals surface area contributed by atoms with Crippen LogP contribution in [0.25, 0.3) is 0 Å². The van der Waals surface area contributed by atoms with Gasteiger partial charge in [-0.15, -0.1) is 0 Å². The predicted molar refractivity (Wildman–Crippen MR) is 75.6 cm³/mol. The highest BCUT2D eigenvalue weighted by molar-refractivity contribution is 4.99. The summed E-state index contributed by atoms with van der Waals surface area (Å²) < 4.78 is 5.50. The van der Waals surface area contributed by atoms with Gasteiger partial charge in [0.25, 0.3) is 0 Å². The van der Waals surface area contributed by atoms with Crippen molar-refractivity contribution in [1.29, 1.82) is 0 Å². The van der Waals surface area contributed by atoms with Crippen LogP contribution in [-0.2, 0) is 4.74 Å². The average molecular weight is 254 g/mol. The number of rotatable bonds is 6. The normalized spacial score (nSPS) is 33.3. The van der Waals surface area contributed by atoms with Crippen molar-refractivity contribution in [3.63, 3.8) is 0 Å². The fourth-order valence-electron chi connectivity index (χ4n) is 3.50. The van der Waals surface area contributed by atoms with E-state index in [0.29, 0.717) is 12.1 Å². The number of ether oxygens (including phenoxy) is 1. The monoisotopic (exact) mass is 254 g/mol. The Morgan fingerprint density at radius 1 is 1.22 bits per heavy atom. The molecule has 3 nitrogen and oxygen atoms in total. The molecule has 0 aliphatic heterocycles. The molecule has 0 atom stereocenters. The quantitative estimate of drug-likeness (QED) is 0.791. The number of nitrogens with two attached hydrogens (primary N) is 1. The van der Waals surface area contributed by atoms with Crippen LogP contribution >= 0.6 is 0 Å². The van der Waals surface area contributed by atoms with E-state index in [1.165, 1.54) is 45.1 Å². The van der Waals surface area contributed by atoms with E-state index in [0.717, 1.165) is 12.5 Å². The van der Waals surface area contributed by atoms with E-state index in [-0.39, 0.29) is 5.54 Å². The van der Waals surface area contributed by atoms with Crippen molar-refractivity contribution in [3.05, 3.63) is 0 Å². The second kappa shape index (κ2) is 5.89. The number of hydrogen-bond donors (Lipinski definition) is 1. The largest absolute Gasteiger partial charge is 0.381 e. The molecular formula is C15H30N2O. The van der Waals surface area contributed by atoms with Crippen molar-refractivity contribution in [3.8, 4) is 0 Å². The van der Waals surface area contributed by atoms with Gasteiger partial charge in [-0.25, -0.2) is 0 Å². The van der Waals surface area contributed by atoms with Crippen LogP contribution in [0.3, 0.4) is 0 Å². The molecule has 2 aliphatic rings. The molecule has 0 aromatic rings. The number of nitrogens with zero attached hydrogens (tertiary/aromatic N) is 1. The van der Waals surface area contributed by atoms with Crippen molar-refractivity contribution in [2.75, 3.05) is 20.2 Å². The Balaban J connectivity index is 2.03. The molecule has 0 aromatic carbocycles. The molecule has 0 aromatic heterocycles. The van der Waals surface area contributed by atoms with Crippen molar-refractivity contribution in [1.82, 2.24) is 4.90 Å². The SMILES string of the molecule is COC1CCC(CN)(N(CC2CC2)C(C)C)CC1. The summed E-state index contributed by atoms with van der Waals surface area (Å²) in [6.45, 7) is 6.70. The zero-order chi connectivity index (χ0) is 13.2. The summed E-state index contributed by atoms with van der Waals surface area (Å²) in [6.07, 6.45) is 8.04. The molecule has 3 heteroatoms. The van der Waals surface area contributed by atoms with Crippen LogP contribution in [0.1, 0.15) is 52.4 Å². The molecule has 2 aliphatic carbocycles. The Kier molecular flexibility index (Phi) is 4.68. The summed E-state index contributed by atoms with van der Waals surface area (Å²) in [7, 11) is 1.84. The Morgan fingerprint density at radius 3 is 2.22 bits per heavy atom. The Hall–Kier alpha value is -0.120. The molecule has 0 radical (unpaired) electrons. The van der Waals surface area contributed by atoms with E-state index in [1.807, 2.05) is 7.11 Å². The van der Waals surface area contributed by atoms with E-state index in [2.05, 4.69) is 18.7 Å². The van der Waals surface area contributed by atoms with Crippen molar-refractivity contribution in [2.24, 2.45) is 11.7 Å². The molecular weight excluding hydrogens is 224 g/mol. The molecule has 2 rings (SSSR count). The molecule has 2 N–H and O–H groups in total. The Labute approximate surface area is 112 Å². The molecule has 2 saturated carbocycles. The molecule has 0 saturated heterocycles.